The molecule has 0 aliphatic heterocycles. The van der Waals surface area contributed by atoms with Crippen molar-refractivity contribution < 1.29 is 19.2 Å². The molecule has 0 unspecified atom stereocenters. The van der Waals surface area contributed by atoms with Crippen molar-refractivity contribution in [2.75, 3.05) is 13.2 Å². The average Bonchev–Trinajstić information content (AvgIpc) is 2.27. The van der Waals surface area contributed by atoms with E-state index in [1.54, 1.807) is 6.92 Å². The molecule has 0 spiro atoms. The zero-order valence-electron chi connectivity index (χ0n) is 8.58. The summed E-state index contributed by atoms with van der Waals surface area (Å²) in [5.41, 5.74) is -0.136. The van der Waals surface area contributed by atoms with Crippen LogP contribution in [0.15, 0.2) is 18.3 Å². The molecule has 0 N–H and O–H groups in total. The first-order valence-electron chi connectivity index (χ1n) is 4.52. The molecule has 1 aromatic heterocycles. The van der Waals surface area contributed by atoms with Crippen LogP contribution in [0.2, 0.25) is 0 Å². The molecule has 0 aliphatic carbocycles. The Morgan fingerprint density at radius 2 is 2.31 bits per heavy atom. The summed E-state index contributed by atoms with van der Waals surface area (Å²) in [5.74, 6) is -0.374. The molecule has 0 atom stereocenters. The Kier molecular flexibility index (Phi) is 4.19. The lowest BCUT2D eigenvalue weighted by atomic mass is 10.4. The van der Waals surface area contributed by atoms with Crippen molar-refractivity contribution in [3.8, 4) is 5.88 Å². The first-order chi connectivity index (χ1) is 7.63. The summed E-state index contributed by atoms with van der Waals surface area (Å²) in [6, 6.07) is 2.56. The molecule has 0 aromatic carbocycles. The van der Waals surface area contributed by atoms with Crippen molar-refractivity contribution in [2.45, 2.75) is 6.92 Å². The standard InChI is InChI=1S/C9H10N2O5/c1-2-15-9(12)6-16-8-4-3-7(5-10-8)11(13)14/h3-5H,2,6H2,1H3. The molecule has 1 heterocycles. The van der Waals surface area contributed by atoms with Crippen LogP contribution < -0.4 is 4.74 Å². The zero-order valence-corrected chi connectivity index (χ0v) is 8.58. The van der Waals surface area contributed by atoms with Gasteiger partial charge in [-0.25, -0.2) is 9.78 Å². The van der Waals surface area contributed by atoms with Gasteiger partial charge in [-0.2, -0.15) is 0 Å². The van der Waals surface area contributed by atoms with E-state index in [0.29, 0.717) is 0 Å². The highest BCUT2D eigenvalue weighted by Crippen LogP contribution is 2.13. The number of hydrogen-bond donors (Lipinski definition) is 0. The first kappa shape index (κ1) is 11.9. The summed E-state index contributed by atoms with van der Waals surface area (Å²) in [4.78, 5) is 24.3. The van der Waals surface area contributed by atoms with Crippen LogP contribution in [-0.2, 0) is 9.53 Å². The molecule has 0 bridgehead atoms. The third kappa shape index (κ3) is 3.52. The van der Waals surface area contributed by atoms with Gasteiger partial charge in [0.1, 0.15) is 6.20 Å². The predicted molar refractivity (Wildman–Crippen MR) is 53.0 cm³/mol. The van der Waals surface area contributed by atoms with E-state index in [2.05, 4.69) is 9.72 Å². The highest BCUT2D eigenvalue weighted by molar-refractivity contribution is 5.70. The van der Waals surface area contributed by atoms with Crippen molar-refractivity contribution in [2.24, 2.45) is 0 Å². The number of aromatic nitrogens is 1. The van der Waals surface area contributed by atoms with Gasteiger partial charge in [0, 0.05) is 12.1 Å². The third-order valence-electron chi connectivity index (χ3n) is 1.57. The zero-order chi connectivity index (χ0) is 12.0. The second kappa shape index (κ2) is 5.64. The summed E-state index contributed by atoms with van der Waals surface area (Å²) in [6.45, 7) is 1.69. The van der Waals surface area contributed by atoms with Gasteiger partial charge in [-0.1, -0.05) is 0 Å². The van der Waals surface area contributed by atoms with Crippen LogP contribution in [-0.4, -0.2) is 29.1 Å². The van der Waals surface area contributed by atoms with Crippen LogP contribution in [0.4, 0.5) is 5.69 Å². The smallest absolute Gasteiger partial charge is 0.344 e. The first-order valence-corrected chi connectivity index (χ1v) is 4.52. The van der Waals surface area contributed by atoms with Crippen molar-refractivity contribution in [3.63, 3.8) is 0 Å². The highest BCUT2D eigenvalue weighted by Gasteiger charge is 2.07. The minimum absolute atomic E-state index is 0.136. The number of pyridine rings is 1. The Morgan fingerprint density at radius 3 is 2.81 bits per heavy atom. The van der Waals surface area contributed by atoms with E-state index in [-0.39, 0.29) is 24.8 Å². The molecule has 0 saturated carbocycles. The van der Waals surface area contributed by atoms with Crippen LogP contribution in [0.1, 0.15) is 6.92 Å². The molecule has 16 heavy (non-hydrogen) atoms. The third-order valence-corrected chi connectivity index (χ3v) is 1.57. The number of esters is 1. The summed E-state index contributed by atoms with van der Waals surface area (Å²) in [5, 5.41) is 10.3. The molecular weight excluding hydrogens is 216 g/mol. The van der Waals surface area contributed by atoms with Crippen LogP contribution in [0.25, 0.3) is 0 Å². The largest absolute Gasteiger partial charge is 0.466 e. The lowest BCUT2D eigenvalue weighted by molar-refractivity contribution is -0.385. The fourth-order valence-corrected chi connectivity index (χ4v) is 0.901. The van der Waals surface area contributed by atoms with E-state index in [1.165, 1.54) is 12.1 Å². The van der Waals surface area contributed by atoms with Gasteiger partial charge in [-0.15, -0.1) is 0 Å². The summed E-state index contributed by atoms with van der Waals surface area (Å²) in [6.07, 6.45) is 1.06. The maximum Gasteiger partial charge on any atom is 0.344 e. The summed E-state index contributed by atoms with van der Waals surface area (Å²) in [7, 11) is 0. The van der Waals surface area contributed by atoms with Gasteiger partial charge in [-0.3, -0.25) is 10.1 Å². The number of hydrogen-bond acceptors (Lipinski definition) is 6. The molecule has 0 fully saturated rings. The highest BCUT2D eigenvalue weighted by atomic mass is 16.6. The number of carbonyl (C=O) groups excluding carboxylic acids is 1. The maximum absolute atomic E-state index is 10.9. The van der Waals surface area contributed by atoms with Crippen LogP contribution in [0, 0.1) is 10.1 Å². The van der Waals surface area contributed by atoms with Gasteiger partial charge < -0.3 is 9.47 Å². The number of rotatable bonds is 5. The van der Waals surface area contributed by atoms with E-state index >= 15 is 0 Å². The van der Waals surface area contributed by atoms with Crippen molar-refractivity contribution in [3.05, 3.63) is 28.4 Å². The number of nitrogens with zero attached hydrogens (tertiary/aromatic N) is 2. The van der Waals surface area contributed by atoms with E-state index < -0.39 is 10.9 Å². The topological polar surface area (TPSA) is 91.6 Å². The molecule has 0 amide bonds. The van der Waals surface area contributed by atoms with Crippen LogP contribution in [0.3, 0.4) is 0 Å². The maximum atomic E-state index is 10.9. The Labute approximate surface area is 91.2 Å². The van der Waals surface area contributed by atoms with Crippen molar-refractivity contribution in [1.29, 1.82) is 0 Å². The molecule has 0 aliphatic rings. The summed E-state index contributed by atoms with van der Waals surface area (Å²) < 4.78 is 9.57. The molecule has 0 saturated heterocycles. The van der Waals surface area contributed by atoms with Gasteiger partial charge in [0.05, 0.1) is 11.5 Å². The van der Waals surface area contributed by atoms with E-state index in [0.717, 1.165) is 6.20 Å². The van der Waals surface area contributed by atoms with Crippen molar-refractivity contribution >= 4 is 11.7 Å². The fourth-order valence-electron chi connectivity index (χ4n) is 0.901. The van der Waals surface area contributed by atoms with Crippen molar-refractivity contribution in [1.82, 2.24) is 4.98 Å². The molecule has 7 heteroatoms. The monoisotopic (exact) mass is 226 g/mol. The Bertz CT molecular complexity index is 376. The van der Waals surface area contributed by atoms with Gasteiger partial charge in [0.25, 0.3) is 5.69 Å². The quantitative estimate of drug-likeness (QED) is 0.421. The van der Waals surface area contributed by atoms with Crippen LogP contribution in [0.5, 0.6) is 5.88 Å². The lowest BCUT2D eigenvalue weighted by Gasteiger charge is -2.03. The van der Waals surface area contributed by atoms with Gasteiger partial charge in [0.2, 0.25) is 5.88 Å². The van der Waals surface area contributed by atoms with E-state index in [9.17, 15) is 14.9 Å². The second-order valence-corrected chi connectivity index (χ2v) is 2.71. The molecule has 86 valence electrons. The number of ether oxygens (including phenoxy) is 2. The minimum atomic E-state index is -0.567. The van der Waals surface area contributed by atoms with Crippen LogP contribution >= 0.6 is 0 Å². The van der Waals surface area contributed by atoms with Gasteiger partial charge in [0.15, 0.2) is 6.61 Å². The second-order valence-electron chi connectivity index (χ2n) is 2.71. The average molecular weight is 226 g/mol. The number of carbonyl (C=O) groups is 1. The van der Waals surface area contributed by atoms with Gasteiger partial charge >= 0.3 is 5.97 Å². The molecule has 0 radical (unpaired) electrons. The lowest BCUT2D eigenvalue weighted by Crippen LogP contribution is -2.14. The summed E-state index contributed by atoms with van der Waals surface area (Å²) >= 11 is 0. The SMILES string of the molecule is CCOC(=O)COc1ccc([N+](=O)[O-])cn1. The fraction of sp³-hybridized carbons (Fsp3) is 0.333. The predicted octanol–water partition coefficient (Wildman–Crippen LogP) is 0.932. The molecular formula is C9H10N2O5. The Balaban J connectivity index is 2.49. The normalized spacial score (nSPS) is 9.56. The molecule has 1 rings (SSSR count). The number of nitro groups is 1. The molecule has 7 nitrogen and oxygen atoms in total. The Morgan fingerprint density at radius 1 is 1.56 bits per heavy atom. The minimum Gasteiger partial charge on any atom is -0.466 e. The molecule has 1 aromatic rings. The van der Waals surface area contributed by atoms with E-state index in [1.807, 2.05) is 0 Å². The van der Waals surface area contributed by atoms with E-state index in [4.69, 9.17) is 4.74 Å². The van der Waals surface area contributed by atoms with Gasteiger partial charge in [-0.05, 0) is 6.92 Å². The Hall–Kier alpha value is -2.18.